The molecule has 0 unspecified atom stereocenters. The largest absolute Gasteiger partial charge is 0.493 e. The number of ether oxygens (including phenoxy) is 1. The molecule has 90 valence electrons. The van der Waals surface area contributed by atoms with Gasteiger partial charge in [-0.3, -0.25) is 0 Å². The maximum absolute atomic E-state index is 5.85. The highest BCUT2D eigenvalue weighted by Crippen LogP contribution is 2.33. The maximum Gasteiger partial charge on any atom is 0.125 e. The predicted molar refractivity (Wildman–Crippen MR) is 69.0 cm³/mol. The van der Waals surface area contributed by atoms with Gasteiger partial charge in [-0.2, -0.15) is 0 Å². The van der Waals surface area contributed by atoms with Crippen LogP contribution in [0.5, 0.6) is 5.75 Å². The van der Waals surface area contributed by atoms with E-state index in [4.69, 9.17) is 10.5 Å². The van der Waals surface area contributed by atoms with Crippen LogP contribution >= 0.6 is 0 Å². The first-order chi connectivity index (χ1) is 7.46. The van der Waals surface area contributed by atoms with Gasteiger partial charge >= 0.3 is 0 Å². The molecule has 16 heavy (non-hydrogen) atoms. The molecule has 0 aliphatic rings. The van der Waals surface area contributed by atoms with Crippen LogP contribution in [-0.4, -0.2) is 13.2 Å². The molecule has 0 atom stereocenters. The minimum absolute atomic E-state index is 0.115. The third-order valence-electron chi connectivity index (χ3n) is 2.61. The van der Waals surface area contributed by atoms with Gasteiger partial charge in [0, 0.05) is 0 Å². The Balaban J connectivity index is 2.95. The number of hydrogen-bond donors (Lipinski definition) is 1. The minimum atomic E-state index is 0.115. The average molecular weight is 221 g/mol. The highest BCUT2D eigenvalue weighted by Gasteiger charge is 2.19. The van der Waals surface area contributed by atoms with Crippen molar-refractivity contribution in [1.82, 2.24) is 0 Å². The molecule has 2 heteroatoms. The fraction of sp³-hybridized carbons (Fsp3) is 0.571. The van der Waals surface area contributed by atoms with Crippen molar-refractivity contribution in [3.05, 3.63) is 29.3 Å². The lowest BCUT2D eigenvalue weighted by Gasteiger charge is -2.24. The summed E-state index contributed by atoms with van der Waals surface area (Å²) in [4.78, 5) is 0. The van der Waals surface area contributed by atoms with E-state index in [9.17, 15) is 0 Å². The number of rotatable bonds is 4. The normalized spacial score (nSPS) is 11.6. The first-order valence-corrected chi connectivity index (χ1v) is 5.90. The van der Waals surface area contributed by atoms with E-state index in [0.29, 0.717) is 13.2 Å². The summed E-state index contributed by atoms with van der Waals surface area (Å²) in [5.74, 6) is 1.03. The lowest BCUT2D eigenvalue weighted by Crippen LogP contribution is -2.15. The van der Waals surface area contributed by atoms with Crippen molar-refractivity contribution < 1.29 is 4.74 Å². The summed E-state index contributed by atoms with van der Waals surface area (Å²) in [5.41, 5.74) is 8.06. The number of para-hydroxylation sites is 1. The van der Waals surface area contributed by atoms with Gasteiger partial charge in [0.15, 0.2) is 0 Å². The predicted octanol–water partition coefficient (Wildman–Crippen LogP) is 3.02. The molecule has 0 radical (unpaired) electrons. The van der Waals surface area contributed by atoms with Crippen molar-refractivity contribution in [2.24, 2.45) is 5.73 Å². The SMILES string of the molecule is Cc1cccc(C(C)(C)C)c1OCCCN. The van der Waals surface area contributed by atoms with Gasteiger partial charge in [-0.15, -0.1) is 0 Å². The van der Waals surface area contributed by atoms with Gasteiger partial charge in [0.1, 0.15) is 5.75 Å². The molecule has 1 aromatic rings. The topological polar surface area (TPSA) is 35.2 Å². The molecule has 0 aliphatic carbocycles. The highest BCUT2D eigenvalue weighted by atomic mass is 16.5. The van der Waals surface area contributed by atoms with Crippen molar-refractivity contribution in [1.29, 1.82) is 0 Å². The second kappa shape index (κ2) is 5.35. The maximum atomic E-state index is 5.85. The quantitative estimate of drug-likeness (QED) is 0.793. The van der Waals surface area contributed by atoms with E-state index in [1.54, 1.807) is 0 Å². The van der Waals surface area contributed by atoms with E-state index in [0.717, 1.165) is 12.2 Å². The van der Waals surface area contributed by atoms with Crippen molar-refractivity contribution in [3.63, 3.8) is 0 Å². The third-order valence-corrected chi connectivity index (χ3v) is 2.61. The number of benzene rings is 1. The Morgan fingerprint density at radius 3 is 2.50 bits per heavy atom. The van der Waals surface area contributed by atoms with Crippen LogP contribution in [0, 0.1) is 6.92 Å². The second-order valence-electron chi connectivity index (χ2n) is 5.19. The highest BCUT2D eigenvalue weighted by molar-refractivity contribution is 5.44. The molecule has 0 spiro atoms. The van der Waals surface area contributed by atoms with Crippen molar-refractivity contribution in [2.45, 2.75) is 39.5 Å². The molecule has 0 saturated heterocycles. The number of nitrogens with two attached hydrogens (primary N) is 1. The molecular weight excluding hydrogens is 198 g/mol. The van der Waals surface area contributed by atoms with Crippen LogP contribution < -0.4 is 10.5 Å². The summed E-state index contributed by atoms with van der Waals surface area (Å²) in [5, 5.41) is 0. The van der Waals surface area contributed by atoms with Gasteiger partial charge in [-0.1, -0.05) is 39.0 Å². The Hall–Kier alpha value is -1.02. The fourth-order valence-corrected chi connectivity index (χ4v) is 1.69. The minimum Gasteiger partial charge on any atom is -0.493 e. The molecule has 1 rings (SSSR count). The molecule has 0 amide bonds. The van der Waals surface area contributed by atoms with E-state index < -0.39 is 0 Å². The van der Waals surface area contributed by atoms with Crippen molar-refractivity contribution in [2.75, 3.05) is 13.2 Å². The van der Waals surface area contributed by atoms with E-state index in [1.807, 2.05) is 0 Å². The van der Waals surface area contributed by atoms with Gasteiger partial charge in [0.25, 0.3) is 0 Å². The van der Waals surface area contributed by atoms with Gasteiger partial charge < -0.3 is 10.5 Å². The monoisotopic (exact) mass is 221 g/mol. The second-order valence-corrected chi connectivity index (χ2v) is 5.19. The zero-order valence-corrected chi connectivity index (χ0v) is 10.8. The molecule has 0 saturated carbocycles. The Kier molecular flexibility index (Phi) is 4.36. The first-order valence-electron chi connectivity index (χ1n) is 5.90. The van der Waals surface area contributed by atoms with E-state index >= 15 is 0 Å². The van der Waals surface area contributed by atoms with Crippen LogP contribution in [0.25, 0.3) is 0 Å². The van der Waals surface area contributed by atoms with Crippen LogP contribution in [0.4, 0.5) is 0 Å². The van der Waals surface area contributed by atoms with Crippen molar-refractivity contribution >= 4 is 0 Å². The lowest BCUT2D eigenvalue weighted by molar-refractivity contribution is 0.303. The van der Waals surface area contributed by atoms with Gasteiger partial charge in [-0.05, 0) is 36.4 Å². The summed E-state index contributed by atoms with van der Waals surface area (Å²) in [6, 6.07) is 6.32. The van der Waals surface area contributed by atoms with Gasteiger partial charge in [0.2, 0.25) is 0 Å². The zero-order chi connectivity index (χ0) is 12.2. The van der Waals surface area contributed by atoms with Crippen LogP contribution in [0.3, 0.4) is 0 Å². The summed E-state index contributed by atoms with van der Waals surface area (Å²) in [6.07, 6.45) is 0.901. The Labute approximate surface area is 98.8 Å². The van der Waals surface area contributed by atoms with E-state index in [1.165, 1.54) is 11.1 Å². The van der Waals surface area contributed by atoms with Crippen LogP contribution in [0.15, 0.2) is 18.2 Å². The van der Waals surface area contributed by atoms with Gasteiger partial charge in [-0.25, -0.2) is 0 Å². The molecule has 0 bridgehead atoms. The first kappa shape index (κ1) is 13.0. The van der Waals surface area contributed by atoms with E-state index in [-0.39, 0.29) is 5.41 Å². The zero-order valence-electron chi connectivity index (χ0n) is 10.8. The van der Waals surface area contributed by atoms with Gasteiger partial charge in [0.05, 0.1) is 6.61 Å². The molecule has 2 N–H and O–H groups in total. The summed E-state index contributed by atoms with van der Waals surface area (Å²) in [6.45, 7) is 10.1. The number of hydrogen-bond acceptors (Lipinski definition) is 2. The smallest absolute Gasteiger partial charge is 0.125 e. The molecule has 2 nitrogen and oxygen atoms in total. The fourth-order valence-electron chi connectivity index (χ4n) is 1.69. The Morgan fingerprint density at radius 1 is 1.25 bits per heavy atom. The molecule has 0 fully saturated rings. The molecule has 0 heterocycles. The third kappa shape index (κ3) is 3.24. The summed E-state index contributed by atoms with van der Waals surface area (Å²) in [7, 11) is 0. The molecule has 0 aliphatic heterocycles. The Morgan fingerprint density at radius 2 is 1.94 bits per heavy atom. The molecule has 0 aromatic heterocycles. The van der Waals surface area contributed by atoms with Crippen LogP contribution in [-0.2, 0) is 5.41 Å². The standard InChI is InChI=1S/C14H23NO/c1-11-7-5-8-12(14(2,3)4)13(11)16-10-6-9-15/h5,7-8H,6,9-10,15H2,1-4H3. The summed E-state index contributed by atoms with van der Waals surface area (Å²) >= 11 is 0. The lowest BCUT2D eigenvalue weighted by atomic mass is 9.85. The summed E-state index contributed by atoms with van der Waals surface area (Å²) < 4.78 is 5.85. The van der Waals surface area contributed by atoms with E-state index in [2.05, 4.69) is 45.9 Å². The van der Waals surface area contributed by atoms with Crippen LogP contribution in [0.1, 0.15) is 38.3 Å². The molecular formula is C14H23NO. The average Bonchev–Trinajstić information content (AvgIpc) is 2.19. The number of aryl methyl sites for hydroxylation is 1. The van der Waals surface area contributed by atoms with Crippen LogP contribution in [0.2, 0.25) is 0 Å². The molecule has 1 aromatic carbocycles. The Bertz CT molecular complexity index is 339. The van der Waals surface area contributed by atoms with Crippen molar-refractivity contribution in [3.8, 4) is 5.75 Å².